The van der Waals surface area contributed by atoms with E-state index in [2.05, 4.69) is 24.8 Å². The fourth-order valence-electron chi connectivity index (χ4n) is 5.33. The van der Waals surface area contributed by atoms with Crippen molar-refractivity contribution in [3.63, 3.8) is 0 Å². The van der Waals surface area contributed by atoms with Crippen molar-refractivity contribution in [2.45, 2.75) is 52.4 Å². The lowest BCUT2D eigenvalue weighted by Gasteiger charge is -2.35. The number of carboxylic acid groups (broad SMARTS) is 1. The van der Waals surface area contributed by atoms with E-state index >= 15 is 0 Å². The predicted molar refractivity (Wildman–Crippen MR) is 133 cm³/mol. The third kappa shape index (κ3) is 5.55. The molecule has 5 rings (SSSR count). The summed E-state index contributed by atoms with van der Waals surface area (Å²) in [7, 11) is 0. The predicted octanol–water partition coefficient (Wildman–Crippen LogP) is 2.97. The van der Waals surface area contributed by atoms with Gasteiger partial charge in [0.2, 0.25) is 0 Å². The summed E-state index contributed by atoms with van der Waals surface area (Å²) in [6.07, 6.45) is 2.80. The number of rotatable bonds is 4. The van der Waals surface area contributed by atoms with Gasteiger partial charge in [0.15, 0.2) is 0 Å². The molecule has 8 heteroatoms. The van der Waals surface area contributed by atoms with Crippen molar-refractivity contribution >= 4 is 12.1 Å². The second kappa shape index (κ2) is 10.6. The number of aliphatic hydroxyl groups excluding tert-OH is 1. The molecule has 0 unspecified atom stereocenters. The van der Waals surface area contributed by atoms with E-state index in [1.165, 1.54) is 5.56 Å². The summed E-state index contributed by atoms with van der Waals surface area (Å²) < 4.78 is 7.89. The first-order chi connectivity index (χ1) is 16.8. The highest BCUT2D eigenvalue weighted by atomic mass is 16.5. The molecular weight excluding hydrogens is 446 g/mol. The van der Waals surface area contributed by atoms with E-state index in [4.69, 9.17) is 19.6 Å². The number of aryl methyl sites for hydroxylation is 2. The smallest absolute Gasteiger partial charge is 0.290 e. The van der Waals surface area contributed by atoms with E-state index in [9.17, 15) is 9.90 Å². The molecule has 8 nitrogen and oxygen atoms in total. The average molecular weight is 480 g/mol. The van der Waals surface area contributed by atoms with Gasteiger partial charge in [-0.15, -0.1) is 0 Å². The van der Waals surface area contributed by atoms with Crippen LogP contribution in [-0.4, -0.2) is 56.3 Å². The van der Waals surface area contributed by atoms with Gasteiger partial charge in [0, 0.05) is 31.9 Å². The Labute approximate surface area is 204 Å². The lowest BCUT2D eigenvalue weighted by Crippen LogP contribution is -2.42. The molecule has 0 radical (unpaired) electrons. The molecule has 0 spiro atoms. The van der Waals surface area contributed by atoms with Crippen molar-refractivity contribution in [2.75, 3.05) is 13.1 Å². The van der Waals surface area contributed by atoms with Gasteiger partial charge in [-0.2, -0.15) is 0 Å². The molecule has 2 aromatic heterocycles. The minimum absolute atomic E-state index is 0.0391. The van der Waals surface area contributed by atoms with Crippen LogP contribution < -0.4 is 10.3 Å². The van der Waals surface area contributed by atoms with E-state index in [1.54, 1.807) is 10.5 Å². The van der Waals surface area contributed by atoms with Gasteiger partial charge < -0.3 is 14.9 Å². The third-order valence-corrected chi connectivity index (χ3v) is 7.24. The molecule has 4 atom stereocenters. The molecule has 1 saturated carbocycles. The molecule has 2 fully saturated rings. The van der Waals surface area contributed by atoms with E-state index in [0.29, 0.717) is 24.0 Å². The number of aromatic nitrogens is 2. The maximum Gasteiger partial charge on any atom is 0.290 e. The zero-order chi connectivity index (χ0) is 25.1. The molecule has 35 heavy (non-hydrogen) atoms. The number of carbonyl (C=O) groups is 1. The fraction of sp³-hybridized carbons (Fsp3) is 0.444. The molecule has 2 aliphatic rings. The zero-order valence-corrected chi connectivity index (χ0v) is 20.4. The first-order valence-electron chi connectivity index (χ1n) is 12.0. The Kier molecular flexibility index (Phi) is 7.52. The van der Waals surface area contributed by atoms with Crippen molar-refractivity contribution in [2.24, 2.45) is 11.8 Å². The van der Waals surface area contributed by atoms with Gasteiger partial charge in [-0.05, 0) is 74.3 Å². The Hall–Kier alpha value is -3.23. The first kappa shape index (κ1) is 24.9. The SMILES string of the molecule is Cc1ccc2nc(CN3C[C@H]4C[C@@H](Oc5cccc(C)c5C)[C@H](O)C[C@H]4C3)cc(=O)n2c1.O=CO. The number of pyridine rings is 1. The second-order valence-electron chi connectivity index (χ2n) is 9.73. The highest BCUT2D eigenvalue weighted by Gasteiger charge is 2.42. The first-order valence-corrected chi connectivity index (χ1v) is 12.0. The van der Waals surface area contributed by atoms with Crippen molar-refractivity contribution in [1.82, 2.24) is 14.3 Å². The Morgan fingerprint density at radius 1 is 1.11 bits per heavy atom. The number of likely N-dealkylation sites (tertiary alicyclic amines) is 1. The molecule has 2 N–H and O–H groups in total. The minimum Gasteiger partial charge on any atom is -0.487 e. The van der Waals surface area contributed by atoms with Crippen LogP contribution in [0.3, 0.4) is 0 Å². The monoisotopic (exact) mass is 479 g/mol. The third-order valence-electron chi connectivity index (χ3n) is 7.24. The standard InChI is InChI=1S/C26H31N3O3.CH2O2/c1-16-7-8-25-27-21(11-26(31)29(25)12-16)15-28-13-19-9-22(30)24(10-20(19)14-28)32-23-6-4-5-17(2)18(23)3;2-1-3/h4-8,11-12,19-20,22,24,30H,9-10,13-15H2,1-3H3;1H,(H,2,3)/t19-,20+,22+,24+;/m0./s1. The summed E-state index contributed by atoms with van der Waals surface area (Å²) in [6.45, 7) is 8.40. The van der Waals surface area contributed by atoms with Crippen LogP contribution in [0.2, 0.25) is 0 Å². The minimum atomic E-state index is -0.456. The zero-order valence-electron chi connectivity index (χ0n) is 20.4. The fourth-order valence-corrected chi connectivity index (χ4v) is 5.33. The highest BCUT2D eigenvalue weighted by Crippen LogP contribution is 2.39. The summed E-state index contributed by atoms with van der Waals surface area (Å²) >= 11 is 0. The van der Waals surface area contributed by atoms with Crippen molar-refractivity contribution in [3.8, 4) is 5.75 Å². The molecule has 186 valence electrons. The lowest BCUT2D eigenvalue weighted by atomic mass is 9.78. The quantitative estimate of drug-likeness (QED) is 0.555. The Balaban J connectivity index is 0.000000917. The summed E-state index contributed by atoms with van der Waals surface area (Å²) in [5.41, 5.74) is 4.83. The van der Waals surface area contributed by atoms with Crippen LogP contribution in [0.15, 0.2) is 47.4 Å². The number of fused-ring (bicyclic) bond motifs is 2. The van der Waals surface area contributed by atoms with Gasteiger partial charge in [0.1, 0.15) is 17.5 Å². The van der Waals surface area contributed by atoms with Gasteiger partial charge in [-0.1, -0.05) is 18.2 Å². The van der Waals surface area contributed by atoms with Gasteiger partial charge in [-0.25, -0.2) is 4.98 Å². The van der Waals surface area contributed by atoms with Crippen LogP contribution in [0.4, 0.5) is 0 Å². The molecule has 1 aliphatic heterocycles. The largest absolute Gasteiger partial charge is 0.487 e. The molecule has 0 amide bonds. The molecule has 0 bridgehead atoms. The summed E-state index contributed by atoms with van der Waals surface area (Å²) in [4.78, 5) is 28.0. The van der Waals surface area contributed by atoms with Crippen molar-refractivity contribution < 1.29 is 19.7 Å². The lowest BCUT2D eigenvalue weighted by molar-refractivity contribution is -0.122. The molecule has 3 aromatic rings. The normalized spacial score (nSPS) is 23.9. The highest BCUT2D eigenvalue weighted by molar-refractivity contribution is 5.40. The number of nitrogens with zero attached hydrogens (tertiary/aromatic N) is 3. The van der Waals surface area contributed by atoms with E-state index < -0.39 is 6.10 Å². The van der Waals surface area contributed by atoms with Gasteiger partial charge >= 0.3 is 0 Å². The topological polar surface area (TPSA) is 104 Å². The van der Waals surface area contributed by atoms with Crippen LogP contribution in [0.1, 0.15) is 35.2 Å². The van der Waals surface area contributed by atoms with Crippen LogP contribution in [-0.2, 0) is 11.3 Å². The van der Waals surface area contributed by atoms with Gasteiger partial charge in [0.25, 0.3) is 12.0 Å². The Bertz CT molecular complexity index is 1260. The van der Waals surface area contributed by atoms with Crippen LogP contribution in [0, 0.1) is 32.6 Å². The van der Waals surface area contributed by atoms with Crippen molar-refractivity contribution in [1.29, 1.82) is 0 Å². The molecule has 1 saturated heterocycles. The van der Waals surface area contributed by atoms with Crippen LogP contribution in [0.25, 0.3) is 5.65 Å². The number of hydrogen-bond donors (Lipinski definition) is 2. The molecule has 1 aromatic carbocycles. The van der Waals surface area contributed by atoms with E-state index in [1.807, 2.05) is 37.4 Å². The van der Waals surface area contributed by atoms with Gasteiger partial charge in [-0.3, -0.25) is 18.9 Å². The number of hydrogen-bond acceptors (Lipinski definition) is 6. The molecular formula is C27H33N3O5. The Morgan fingerprint density at radius 2 is 1.83 bits per heavy atom. The summed E-state index contributed by atoms with van der Waals surface area (Å²) in [6, 6.07) is 11.6. The average Bonchev–Trinajstić information content (AvgIpc) is 3.19. The summed E-state index contributed by atoms with van der Waals surface area (Å²) in [5, 5.41) is 17.7. The van der Waals surface area contributed by atoms with E-state index in [0.717, 1.165) is 48.5 Å². The number of aliphatic hydroxyl groups is 1. The van der Waals surface area contributed by atoms with Crippen LogP contribution in [0.5, 0.6) is 5.75 Å². The van der Waals surface area contributed by atoms with Crippen molar-refractivity contribution in [3.05, 3.63) is 75.3 Å². The van der Waals surface area contributed by atoms with E-state index in [-0.39, 0.29) is 18.1 Å². The number of ether oxygens (including phenoxy) is 1. The maximum atomic E-state index is 12.5. The van der Waals surface area contributed by atoms with Crippen LogP contribution >= 0.6 is 0 Å². The Morgan fingerprint density at radius 3 is 2.57 bits per heavy atom. The maximum absolute atomic E-state index is 12.5. The number of benzene rings is 1. The second-order valence-corrected chi connectivity index (χ2v) is 9.73. The molecule has 1 aliphatic carbocycles. The molecule has 3 heterocycles. The summed E-state index contributed by atoms with van der Waals surface area (Å²) in [5.74, 6) is 1.81. The van der Waals surface area contributed by atoms with Gasteiger partial charge in [0.05, 0.1) is 11.8 Å².